The van der Waals surface area contributed by atoms with E-state index in [0.29, 0.717) is 30.3 Å². The normalized spacial score (nSPS) is 11.9. The van der Waals surface area contributed by atoms with Gasteiger partial charge in [-0.2, -0.15) is 0 Å². The molecule has 5 nitrogen and oxygen atoms in total. The molecule has 0 heterocycles. The zero-order valence-corrected chi connectivity index (χ0v) is 16.6. The SMILES string of the molecule is CCOc1ccc([C@@H](C)NC(=O)/C=C/c2ccc(OC)c(F)c2)cc1OCC. The molecule has 0 spiro atoms. The van der Waals surface area contributed by atoms with Gasteiger partial charge in [0, 0.05) is 6.08 Å². The fourth-order valence-electron chi connectivity index (χ4n) is 2.64. The number of hydrogen-bond donors (Lipinski definition) is 1. The lowest BCUT2D eigenvalue weighted by Gasteiger charge is -2.17. The Morgan fingerprint density at radius 3 is 2.39 bits per heavy atom. The maximum Gasteiger partial charge on any atom is 0.244 e. The Morgan fingerprint density at radius 1 is 1.07 bits per heavy atom. The van der Waals surface area contributed by atoms with Crippen LogP contribution in [0.4, 0.5) is 4.39 Å². The van der Waals surface area contributed by atoms with E-state index in [2.05, 4.69) is 5.32 Å². The average Bonchev–Trinajstić information content (AvgIpc) is 2.68. The van der Waals surface area contributed by atoms with E-state index < -0.39 is 5.82 Å². The van der Waals surface area contributed by atoms with Crippen molar-refractivity contribution in [3.63, 3.8) is 0 Å². The maximum atomic E-state index is 13.7. The Kier molecular flexibility index (Phi) is 7.87. The molecule has 0 fully saturated rings. The van der Waals surface area contributed by atoms with Gasteiger partial charge in [0.05, 0.1) is 26.4 Å². The van der Waals surface area contributed by atoms with Crippen molar-refractivity contribution in [2.45, 2.75) is 26.8 Å². The smallest absolute Gasteiger partial charge is 0.244 e. The molecule has 6 heteroatoms. The first-order valence-corrected chi connectivity index (χ1v) is 9.20. The molecule has 0 saturated heterocycles. The molecule has 150 valence electrons. The highest BCUT2D eigenvalue weighted by Gasteiger charge is 2.12. The Balaban J connectivity index is 2.05. The van der Waals surface area contributed by atoms with Crippen LogP contribution in [0.5, 0.6) is 17.2 Å². The number of halogens is 1. The molecule has 0 aliphatic heterocycles. The molecule has 0 aliphatic carbocycles. The molecule has 0 aromatic heterocycles. The number of carbonyl (C=O) groups excluding carboxylic acids is 1. The molecule has 1 N–H and O–H groups in total. The number of rotatable bonds is 9. The van der Waals surface area contributed by atoms with E-state index in [-0.39, 0.29) is 17.7 Å². The lowest BCUT2D eigenvalue weighted by atomic mass is 10.1. The van der Waals surface area contributed by atoms with Crippen LogP contribution in [0, 0.1) is 5.82 Å². The van der Waals surface area contributed by atoms with Gasteiger partial charge in [0.25, 0.3) is 0 Å². The van der Waals surface area contributed by atoms with Crippen molar-refractivity contribution in [2.75, 3.05) is 20.3 Å². The quantitative estimate of drug-likeness (QED) is 0.643. The van der Waals surface area contributed by atoms with Crippen LogP contribution in [-0.2, 0) is 4.79 Å². The molecule has 1 amide bonds. The van der Waals surface area contributed by atoms with Crippen LogP contribution in [0.15, 0.2) is 42.5 Å². The van der Waals surface area contributed by atoms with E-state index in [0.717, 1.165) is 5.56 Å². The largest absolute Gasteiger partial charge is 0.494 e. The van der Waals surface area contributed by atoms with Crippen LogP contribution in [0.2, 0.25) is 0 Å². The van der Waals surface area contributed by atoms with E-state index in [1.807, 2.05) is 39.0 Å². The molecule has 0 radical (unpaired) electrons. The fraction of sp³-hybridized carbons (Fsp3) is 0.318. The van der Waals surface area contributed by atoms with E-state index in [9.17, 15) is 9.18 Å². The van der Waals surface area contributed by atoms with Crippen molar-refractivity contribution in [2.24, 2.45) is 0 Å². The molecule has 1 atom stereocenters. The zero-order chi connectivity index (χ0) is 20.5. The van der Waals surface area contributed by atoms with Crippen molar-refractivity contribution >= 4 is 12.0 Å². The fourth-order valence-corrected chi connectivity index (χ4v) is 2.64. The minimum absolute atomic E-state index is 0.163. The minimum atomic E-state index is -0.476. The van der Waals surface area contributed by atoms with Crippen LogP contribution < -0.4 is 19.5 Å². The highest BCUT2D eigenvalue weighted by Crippen LogP contribution is 2.30. The number of hydrogen-bond acceptors (Lipinski definition) is 4. The van der Waals surface area contributed by atoms with Gasteiger partial charge in [-0.25, -0.2) is 4.39 Å². The number of methoxy groups -OCH3 is 1. The summed E-state index contributed by atoms with van der Waals surface area (Å²) in [5.41, 5.74) is 1.46. The number of carbonyl (C=O) groups is 1. The summed E-state index contributed by atoms with van der Waals surface area (Å²) in [6.07, 6.45) is 2.92. The second-order valence-corrected chi connectivity index (χ2v) is 6.03. The van der Waals surface area contributed by atoms with Crippen molar-refractivity contribution in [1.29, 1.82) is 0 Å². The Labute approximate surface area is 165 Å². The first kappa shape index (κ1) is 21.3. The third kappa shape index (κ3) is 5.74. The molecule has 28 heavy (non-hydrogen) atoms. The highest BCUT2D eigenvalue weighted by atomic mass is 19.1. The van der Waals surface area contributed by atoms with Crippen molar-refractivity contribution in [1.82, 2.24) is 5.32 Å². The summed E-state index contributed by atoms with van der Waals surface area (Å²) in [7, 11) is 1.40. The maximum absolute atomic E-state index is 13.7. The summed E-state index contributed by atoms with van der Waals surface area (Å²) >= 11 is 0. The molecular weight excluding hydrogens is 361 g/mol. The highest BCUT2D eigenvalue weighted by molar-refractivity contribution is 5.92. The second kappa shape index (κ2) is 10.3. The van der Waals surface area contributed by atoms with Gasteiger partial charge >= 0.3 is 0 Å². The molecule has 2 aromatic rings. The van der Waals surface area contributed by atoms with Crippen LogP contribution in [-0.4, -0.2) is 26.2 Å². The van der Waals surface area contributed by atoms with Gasteiger partial charge in [-0.15, -0.1) is 0 Å². The van der Waals surface area contributed by atoms with Crippen molar-refractivity contribution < 1.29 is 23.4 Å². The predicted octanol–water partition coefficient (Wildman–Crippen LogP) is 4.52. The summed E-state index contributed by atoms with van der Waals surface area (Å²) in [5.74, 6) is 0.725. The van der Waals surface area contributed by atoms with Crippen LogP contribution in [0.1, 0.15) is 37.9 Å². The number of amides is 1. The zero-order valence-electron chi connectivity index (χ0n) is 16.6. The van der Waals surface area contributed by atoms with E-state index in [4.69, 9.17) is 14.2 Å². The molecule has 0 unspecified atom stereocenters. The molecule has 2 aromatic carbocycles. The Bertz CT molecular complexity index is 835. The minimum Gasteiger partial charge on any atom is -0.494 e. The lowest BCUT2D eigenvalue weighted by Crippen LogP contribution is -2.24. The average molecular weight is 387 g/mol. The molecule has 0 bridgehead atoms. The first-order chi connectivity index (χ1) is 13.5. The van der Waals surface area contributed by atoms with Crippen molar-refractivity contribution in [3.05, 3.63) is 59.4 Å². The van der Waals surface area contributed by atoms with Crippen LogP contribution in [0.3, 0.4) is 0 Å². The van der Waals surface area contributed by atoms with Gasteiger partial charge in [-0.1, -0.05) is 12.1 Å². The van der Waals surface area contributed by atoms with E-state index in [1.54, 1.807) is 12.1 Å². The van der Waals surface area contributed by atoms with Gasteiger partial charge in [0.1, 0.15) is 0 Å². The molecule has 2 rings (SSSR count). The summed E-state index contributed by atoms with van der Waals surface area (Å²) in [5, 5.41) is 2.88. The Morgan fingerprint density at radius 2 is 1.75 bits per heavy atom. The lowest BCUT2D eigenvalue weighted by molar-refractivity contribution is -0.117. The first-order valence-electron chi connectivity index (χ1n) is 9.20. The number of benzene rings is 2. The van der Waals surface area contributed by atoms with Crippen molar-refractivity contribution in [3.8, 4) is 17.2 Å². The number of nitrogens with one attached hydrogen (secondary N) is 1. The van der Waals surface area contributed by atoms with E-state index >= 15 is 0 Å². The van der Waals surface area contributed by atoms with Gasteiger partial charge < -0.3 is 19.5 Å². The predicted molar refractivity (Wildman–Crippen MR) is 107 cm³/mol. The summed E-state index contributed by atoms with van der Waals surface area (Å²) in [6, 6.07) is 9.86. The molecule has 0 saturated carbocycles. The standard InChI is InChI=1S/C22H26FNO4/c1-5-27-20-11-9-17(14-21(20)28-6-2)15(3)24-22(25)12-8-16-7-10-19(26-4)18(23)13-16/h7-15H,5-6H2,1-4H3,(H,24,25)/b12-8+/t15-/m1/s1. The van der Waals surface area contributed by atoms with Gasteiger partial charge in [0.15, 0.2) is 23.1 Å². The summed E-state index contributed by atoms with van der Waals surface area (Å²) in [6.45, 7) is 6.76. The molecular formula is C22H26FNO4. The van der Waals surface area contributed by atoms with E-state index in [1.165, 1.54) is 25.3 Å². The summed E-state index contributed by atoms with van der Waals surface area (Å²) in [4.78, 5) is 12.2. The van der Waals surface area contributed by atoms with Crippen LogP contribution >= 0.6 is 0 Å². The third-order valence-corrected chi connectivity index (χ3v) is 4.03. The Hall–Kier alpha value is -3.02. The summed E-state index contributed by atoms with van der Waals surface area (Å²) < 4.78 is 29.8. The second-order valence-electron chi connectivity index (χ2n) is 6.03. The van der Waals surface area contributed by atoms with Gasteiger partial charge in [-0.3, -0.25) is 4.79 Å². The monoisotopic (exact) mass is 387 g/mol. The van der Waals surface area contributed by atoms with Crippen LogP contribution in [0.25, 0.3) is 6.08 Å². The molecule has 0 aliphatic rings. The van der Waals surface area contributed by atoms with Gasteiger partial charge in [-0.05, 0) is 62.2 Å². The van der Waals surface area contributed by atoms with Gasteiger partial charge in [0.2, 0.25) is 5.91 Å². The number of ether oxygens (including phenoxy) is 3. The topological polar surface area (TPSA) is 56.8 Å². The third-order valence-electron chi connectivity index (χ3n) is 4.03.